The Morgan fingerprint density at radius 2 is 1.29 bits per heavy atom. The topological polar surface area (TPSA) is 66.5 Å². The van der Waals surface area contributed by atoms with Crippen molar-refractivity contribution in [2.45, 2.75) is 26.7 Å². The van der Waals surface area contributed by atoms with Crippen molar-refractivity contribution in [2.24, 2.45) is 0 Å². The Kier molecular flexibility index (Phi) is 6.92. The van der Waals surface area contributed by atoms with Crippen LogP contribution in [0.25, 0.3) is 0 Å². The summed E-state index contributed by atoms with van der Waals surface area (Å²) in [5.74, 6) is -1.77. The average Bonchev–Trinajstić information content (AvgIpc) is 3.11. The van der Waals surface area contributed by atoms with Crippen molar-refractivity contribution in [1.29, 1.82) is 0 Å². The summed E-state index contributed by atoms with van der Waals surface area (Å²) < 4.78 is 0. The van der Waals surface area contributed by atoms with Gasteiger partial charge >= 0.3 is 0 Å². The maximum atomic E-state index is 13.1. The van der Waals surface area contributed by atoms with E-state index in [4.69, 9.17) is 46.4 Å². The first kappa shape index (κ1) is 24.6. The van der Waals surface area contributed by atoms with Crippen molar-refractivity contribution in [2.75, 3.05) is 10.2 Å². The van der Waals surface area contributed by atoms with Crippen LogP contribution in [-0.4, -0.2) is 17.7 Å². The molecule has 0 aliphatic carbocycles. The average molecular weight is 536 g/mol. The van der Waals surface area contributed by atoms with Gasteiger partial charge in [-0.1, -0.05) is 84.5 Å². The van der Waals surface area contributed by atoms with Crippen LogP contribution < -0.4 is 10.2 Å². The number of fused-ring (bicyclic) bond motifs is 1. The Morgan fingerprint density at radius 1 is 0.794 bits per heavy atom. The van der Waals surface area contributed by atoms with E-state index < -0.39 is 11.8 Å². The van der Waals surface area contributed by atoms with Gasteiger partial charge in [0.25, 0.3) is 17.7 Å². The highest BCUT2D eigenvalue weighted by atomic mass is 35.5. The predicted octanol–water partition coefficient (Wildman–Crippen LogP) is 7.48. The molecule has 0 fully saturated rings. The standard InChI is InChI=1S/C25H18Cl4N2O3/c1-3-12-7-5-8-13(4-2)22(12)30-23(32)14-9-6-10-15(11-14)31-24(33)16-17(25(31)34)19(27)21(29)20(28)18(16)26/h5-11H,3-4H2,1-2H3,(H,30,32). The number of carbonyl (C=O) groups is 3. The molecule has 9 heteroatoms. The van der Waals surface area contributed by atoms with Gasteiger partial charge in [0.15, 0.2) is 0 Å². The van der Waals surface area contributed by atoms with Gasteiger partial charge in [0.05, 0.1) is 36.9 Å². The molecule has 1 heterocycles. The second-order valence-electron chi connectivity index (χ2n) is 7.61. The first-order valence-corrected chi connectivity index (χ1v) is 12.0. The van der Waals surface area contributed by atoms with Gasteiger partial charge in [-0.05, 0) is 42.2 Å². The van der Waals surface area contributed by atoms with Gasteiger partial charge in [0.2, 0.25) is 0 Å². The first-order valence-electron chi connectivity index (χ1n) is 10.5. The number of amides is 3. The van der Waals surface area contributed by atoms with Gasteiger partial charge in [-0.25, -0.2) is 4.90 Å². The van der Waals surface area contributed by atoms with E-state index >= 15 is 0 Å². The van der Waals surface area contributed by atoms with Crippen LogP contribution in [0.2, 0.25) is 20.1 Å². The largest absolute Gasteiger partial charge is 0.321 e. The lowest BCUT2D eigenvalue weighted by Gasteiger charge is -2.17. The van der Waals surface area contributed by atoms with Crippen LogP contribution in [0.5, 0.6) is 0 Å². The molecule has 3 aromatic carbocycles. The Morgan fingerprint density at radius 3 is 1.79 bits per heavy atom. The zero-order valence-corrected chi connectivity index (χ0v) is 21.2. The summed E-state index contributed by atoms with van der Waals surface area (Å²) >= 11 is 24.6. The number of halogens is 4. The normalized spacial score (nSPS) is 12.8. The van der Waals surface area contributed by atoms with E-state index in [0.717, 1.165) is 34.6 Å². The lowest BCUT2D eigenvalue weighted by atomic mass is 10.0. The number of aryl methyl sites for hydroxylation is 2. The maximum absolute atomic E-state index is 13.1. The summed E-state index contributed by atoms with van der Waals surface area (Å²) in [6.07, 6.45) is 1.51. The number of nitrogens with zero attached hydrogens (tertiary/aromatic N) is 1. The van der Waals surface area contributed by atoms with Crippen LogP contribution in [0.1, 0.15) is 56.0 Å². The highest BCUT2D eigenvalue weighted by Gasteiger charge is 2.42. The minimum absolute atomic E-state index is 0.107. The summed E-state index contributed by atoms with van der Waals surface area (Å²) in [5, 5.41) is 2.47. The molecule has 3 amide bonds. The van der Waals surface area contributed by atoms with Crippen LogP contribution in [0, 0.1) is 0 Å². The minimum Gasteiger partial charge on any atom is -0.321 e. The molecule has 3 aromatic rings. The van der Waals surface area contributed by atoms with Crippen LogP contribution in [0.15, 0.2) is 42.5 Å². The zero-order valence-electron chi connectivity index (χ0n) is 18.1. The van der Waals surface area contributed by atoms with E-state index in [2.05, 4.69) is 5.32 Å². The Bertz CT molecular complexity index is 1300. The van der Waals surface area contributed by atoms with Crippen molar-refractivity contribution in [3.63, 3.8) is 0 Å². The second-order valence-corrected chi connectivity index (χ2v) is 9.13. The van der Waals surface area contributed by atoms with Gasteiger partial charge in [-0.3, -0.25) is 14.4 Å². The van der Waals surface area contributed by atoms with Gasteiger partial charge in [0.1, 0.15) is 0 Å². The zero-order chi connectivity index (χ0) is 24.7. The van der Waals surface area contributed by atoms with Crippen molar-refractivity contribution in [3.8, 4) is 0 Å². The molecule has 0 spiro atoms. The van der Waals surface area contributed by atoms with E-state index in [-0.39, 0.29) is 48.4 Å². The third kappa shape index (κ3) is 3.97. The SMILES string of the molecule is CCc1cccc(CC)c1NC(=O)c1cccc(N2C(=O)c3c(Cl)c(Cl)c(Cl)c(Cl)c3C2=O)c1. The molecule has 0 saturated carbocycles. The number of hydrogen-bond donors (Lipinski definition) is 1. The molecule has 0 unspecified atom stereocenters. The molecule has 1 aliphatic heterocycles. The molecule has 0 radical (unpaired) electrons. The van der Waals surface area contributed by atoms with E-state index in [0.29, 0.717) is 0 Å². The number of para-hydroxylation sites is 1. The van der Waals surface area contributed by atoms with Crippen LogP contribution in [0.3, 0.4) is 0 Å². The molecule has 0 aromatic heterocycles. The summed E-state index contributed by atoms with van der Waals surface area (Å²) in [6, 6.07) is 12.1. The fourth-order valence-electron chi connectivity index (χ4n) is 3.96. The van der Waals surface area contributed by atoms with Crippen LogP contribution in [0.4, 0.5) is 11.4 Å². The number of benzene rings is 3. The lowest BCUT2D eigenvalue weighted by molar-refractivity contribution is 0.0924. The van der Waals surface area contributed by atoms with E-state index in [9.17, 15) is 14.4 Å². The highest BCUT2D eigenvalue weighted by Crippen LogP contribution is 2.45. The molecular formula is C25H18Cl4N2O3. The molecular weight excluding hydrogens is 518 g/mol. The summed E-state index contributed by atoms with van der Waals surface area (Å²) in [5.41, 5.74) is 3.03. The number of nitrogens with one attached hydrogen (secondary N) is 1. The third-order valence-electron chi connectivity index (χ3n) is 5.70. The van der Waals surface area contributed by atoms with Gasteiger partial charge in [-0.15, -0.1) is 0 Å². The Balaban J connectivity index is 1.71. The van der Waals surface area contributed by atoms with Crippen LogP contribution >= 0.6 is 46.4 Å². The fourth-order valence-corrected chi connectivity index (χ4v) is 4.97. The highest BCUT2D eigenvalue weighted by molar-refractivity contribution is 6.56. The van der Waals surface area contributed by atoms with Crippen molar-refractivity contribution in [3.05, 3.63) is 90.4 Å². The minimum atomic E-state index is -0.701. The number of carbonyl (C=O) groups excluding carboxylic acids is 3. The maximum Gasteiger partial charge on any atom is 0.267 e. The smallest absolute Gasteiger partial charge is 0.267 e. The molecule has 1 aliphatic rings. The molecule has 0 saturated heterocycles. The number of anilines is 2. The Hall–Kier alpha value is -2.57. The molecule has 4 rings (SSSR count). The van der Waals surface area contributed by atoms with Gasteiger partial charge in [0, 0.05) is 11.3 Å². The molecule has 1 N–H and O–H groups in total. The Labute approximate surface area is 216 Å². The lowest BCUT2D eigenvalue weighted by Crippen LogP contribution is -2.29. The van der Waals surface area contributed by atoms with E-state index in [1.807, 2.05) is 32.0 Å². The fraction of sp³-hybridized carbons (Fsp3) is 0.160. The summed E-state index contributed by atoms with van der Waals surface area (Å²) in [4.78, 5) is 40.3. The number of rotatable bonds is 5. The molecule has 0 atom stereocenters. The van der Waals surface area contributed by atoms with Crippen molar-refractivity contribution in [1.82, 2.24) is 0 Å². The molecule has 0 bridgehead atoms. The van der Waals surface area contributed by atoms with Gasteiger partial charge < -0.3 is 5.32 Å². The first-order chi connectivity index (χ1) is 16.2. The summed E-state index contributed by atoms with van der Waals surface area (Å²) in [6.45, 7) is 4.03. The molecule has 5 nitrogen and oxygen atoms in total. The predicted molar refractivity (Wildman–Crippen MR) is 137 cm³/mol. The molecule has 174 valence electrons. The number of hydrogen-bond acceptors (Lipinski definition) is 3. The van der Waals surface area contributed by atoms with Gasteiger partial charge in [-0.2, -0.15) is 0 Å². The molecule has 34 heavy (non-hydrogen) atoms. The van der Waals surface area contributed by atoms with Crippen molar-refractivity contribution < 1.29 is 14.4 Å². The quantitative estimate of drug-likeness (QED) is 0.209. The van der Waals surface area contributed by atoms with Crippen LogP contribution in [-0.2, 0) is 12.8 Å². The monoisotopic (exact) mass is 534 g/mol. The number of imide groups is 1. The third-order valence-corrected chi connectivity index (χ3v) is 7.51. The second kappa shape index (κ2) is 9.59. The summed E-state index contributed by atoms with van der Waals surface area (Å²) in [7, 11) is 0. The van der Waals surface area contributed by atoms with Crippen molar-refractivity contribution >= 4 is 75.5 Å². The van der Waals surface area contributed by atoms with E-state index in [1.54, 1.807) is 18.2 Å². The van der Waals surface area contributed by atoms with E-state index in [1.165, 1.54) is 6.07 Å².